The summed E-state index contributed by atoms with van der Waals surface area (Å²) in [6.45, 7) is 0.877. The number of rotatable bonds is 6. The van der Waals surface area contributed by atoms with E-state index in [-0.39, 0.29) is 6.42 Å². The second kappa shape index (κ2) is 7.70. The summed E-state index contributed by atoms with van der Waals surface area (Å²) >= 11 is 1.99. The predicted molar refractivity (Wildman–Crippen MR) is 84.2 cm³/mol. The predicted octanol–water partition coefficient (Wildman–Crippen LogP) is 3.08. The molecule has 0 bridgehead atoms. The molecule has 1 aromatic rings. The summed E-state index contributed by atoms with van der Waals surface area (Å²) in [6, 6.07) is 8.51. The fourth-order valence-electron chi connectivity index (χ4n) is 2.71. The molecular formula is C16H23NO2S. The number of carboxylic acids is 1. The van der Waals surface area contributed by atoms with Gasteiger partial charge in [-0.3, -0.25) is 4.79 Å². The number of aliphatic carboxylic acids is 1. The molecule has 0 atom stereocenters. The third-order valence-electron chi connectivity index (χ3n) is 3.98. The molecule has 1 saturated carbocycles. The SMILES string of the molecule is CSC1CCC(NCc2ccc(CC(=O)O)cc2)CC1. The van der Waals surface area contributed by atoms with E-state index in [2.05, 4.69) is 11.6 Å². The number of nitrogens with one attached hydrogen (secondary N) is 1. The molecule has 2 rings (SSSR count). The number of thioether (sulfide) groups is 1. The van der Waals surface area contributed by atoms with Crippen LogP contribution in [-0.4, -0.2) is 28.6 Å². The Morgan fingerprint density at radius 3 is 2.35 bits per heavy atom. The Morgan fingerprint density at radius 1 is 1.20 bits per heavy atom. The van der Waals surface area contributed by atoms with Crippen molar-refractivity contribution in [1.29, 1.82) is 0 Å². The zero-order chi connectivity index (χ0) is 14.4. The molecule has 1 aliphatic rings. The van der Waals surface area contributed by atoms with Gasteiger partial charge in [-0.05, 0) is 43.1 Å². The lowest BCUT2D eigenvalue weighted by Crippen LogP contribution is -2.33. The van der Waals surface area contributed by atoms with E-state index in [4.69, 9.17) is 5.11 Å². The van der Waals surface area contributed by atoms with Crippen molar-refractivity contribution in [2.24, 2.45) is 0 Å². The first-order valence-electron chi connectivity index (χ1n) is 7.23. The molecule has 1 fully saturated rings. The van der Waals surface area contributed by atoms with E-state index in [1.165, 1.54) is 31.2 Å². The van der Waals surface area contributed by atoms with Crippen LogP contribution >= 0.6 is 11.8 Å². The van der Waals surface area contributed by atoms with E-state index in [0.717, 1.165) is 17.4 Å². The molecule has 2 N–H and O–H groups in total. The van der Waals surface area contributed by atoms with E-state index < -0.39 is 5.97 Å². The third-order valence-corrected chi connectivity index (χ3v) is 5.12. The molecule has 0 aromatic heterocycles. The van der Waals surface area contributed by atoms with Crippen LogP contribution in [0.15, 0.2) is 24.3 Å². The van der Waals surface area contributed by atoms with Crippen molar-refractivity contribution in [3.63, 3.8) is 0 Å². The van der Waals surface area contributed by atoms with Gasteiger partial charge in [-0.2, -0.15) is 11.8 Å². The molecule has 3 nitrogen and oxygen atoms in total. The van der Waals surface area contributed by atoms with Crippen molar-refractivity contribution >= 4 is 17.7 Å². The summed E-state index contributed by atoms with van der Waals surface area (Å²) in [4.78, 5) is 10.6. The van der Waals surface area contributed by atoms with Crippen molar-refractivity contribution in [3.05, 3.63) is 35.4 Å². The summed E-state index contributed by atoms with van der Waals surface area (Å²) in [5.41, 5.74) is 2.09. The second-order valence-electron chi connectivity index (χ2n) is 5.48. The summed E-state index contributed by atoms with van der Waals surface area (Å²) in [6.07, 6.45) is 7.47. The average molecular weight is 293 g/mol. The van der Waals surface area contributed by atoms with Gasteiger partial charge in [0.1, 0.15) is 0 Å². The summed E-state index contributed by atoms with van der Waals surface area (Å²) in [5.74, 6) is -0.776. The third kappa shape index (κ3) is 4.84. The van der Waals surface area contributed by atoms with Gasteiger partial charge < -0.3 is 10.4 Å². The van der Waals surface area contributed by atoms with Gasteiger partial charge in [-0.25, -0.2) is 0 Å². The quantitative estimate of drug-likeness (QED) is 0.846. The van der Waals surface area contributed by atoms with Crippen LogP contribution in [0.2, 0.25) is 0 Å². The van der Waals surface area contributed by atoms with E-state index in [9.17, 15) is 4.79 Å². The van der Waals surface area contributed by atoms with Crippen molar-refractivity contribution in [3.8, 4) is 0 Å². The standard InChI is InChI=1S/C16H23NO2S/c1-20-15-8-6-14(7-9-15)17-11-13-4-2-12(3-5-13)10-16(18)19/h2-5,14-15,17H,6-11H2,1H3,(H,18,19). The van der Waals surface area contributed by atoms with Gasteiger partial charge in [0, 0.05) is 17.8 Å². The molecule has 0 aliphatic heterocycles. The Balaban J connectivity index is 1.75. The van der Waals surface area contributed by atoms with Crippen LogP contribution in [0.1, 0.15) is 36.8 Å². The van der Waals surface area contributed by atoms with Crippen molar-refractivity contribution in [1.82, 2.24) is 5.32 Å². The molecule has 110 valence electrons. The van der Waals surface area contributed by atoms with Gasteiger partial charge >= 0.3 is 5.97 Å². The highest BCUT2D eigenvalue weighted by Gasteiger charge is 2.19. The van der Waals surface area contributed by atoms with Crippen molar-refractivity contribution < 1.29 is 9.90 Å². The van der Waals surface area contributed by atoms with E-state index in [1.807, 2.05) is 36.0 Å². The van der Waals surface area contributed by atoms with Crippen LogP contribution in [0, 0.1) is 0 Å². The fourth-order valence-corrected chi connectivity index (χ4v) is 3.46. The maximum atomic E-state index is 10.6. The largest absolute Gasteiger partial charge is 0.481 e. The normalized spacial score (nSPS) is 22.6. The zero-order valence-electron chi connectivity index (χ0n) is 12.0. The van der Waals surface area contributed by atoms with Crippen molar-refractivity contribution in [2.75, 3.05) is 6.26 Å². The molecule has 4 heteroatoms. The highest BCUT2D eigenvalue weighted by Crippen LogP contribution is 2.26. The van der Waals surface area contributed by atoms with Crippen LogP contribution < -0.4 is 5.32 Å². The average Bonchev–Trinajstić information content (AvgIpc) is 2.46. The van der Waals surface area contributed by atoms with Crippen LogP contribution in [0.4, 0.5) is 0 Å². The molecular weight excluding hydrogens is 270 g/mol. The lowest BCUT2D eigenvalue weighted by molar-refractivity contribution is -0.136. The first-order valence-corrected chi connectivity index (χ1v) is 8.52. The highest BCUT2D eigenvalue weighted by molar-refractivity contribution is 7.99. The van der Waals surface area contributed by atoms with Gasteiger partial charge in [-0.15, -0.1) is 0 Å². The molecule has 0 unspecified atom stereocenters. The number of hydrogen-bond acceptors (Lipinski definition) is 3. The van der Waals surface area contributed by atoms with Gasteiger partial charge in [0.2, 0.25) is 0 Å². The summed E-state index contributed by atoms with van der Waals surface area (Å²) in [5, 5.41) is 13.2. The zero-order valence-corrected chi connectivity index (χ0v) is 12.8. The highest BCUT2D eigenvalue weighted by atomic mass is 32.2. The maximum absolute atomic E-state index is 10.6. The molecule has 1 aliphatic carbocycles. The first kappa shape index (κ1) is 15.4. The summed E-state index contributed by atoms with van der Waals surface area (Å²) < 4.78 is 0. The smallest absolute Gasteiger partial charge is 0.307 e. The van der Waals surface area contributed by atoms with Crippen molar-refractivity contribution in [2.45, 2.75) is 49.9 Å². The first-order chi connectivity index (χ1) is 9.67. The van der Waals surface area contributed by atoms with E-state index >= 15 is 0 Å². The van der Waals surface area contributed by atoms with Crippen LogP contribution in [-0.2, 0) is 17.8 Å². The Kier molecular flexibility index (Phi) is 5.92. The Hall–Kier alpha value is -1.00. The number of benzene rings is 1. The molecule has 0 saturated heterocycles. The van der Waals surface area contributed by atoms with Gasteiger partial charge in [0.15, 0.2) is 0 Å². The van der Waals surface area contributed by atoms with Crippen LogP contribution in [0.25, 0.3) is 0 Å². The minimum atomic E-state index is -0.776. The van der Waals surface area contributed by atoms with Gasteiger partial charge in [0.05, 0.1) is 6.42 Å². The summed E-state index contributed by atoms with van der Waals surface area (Å²) in [7, 11) is 0. The Labute approximate surface area is 125 Å². The number of carboxylic acid groups (broad SMARTS) is 1. The Bertz CT molecular complexity index is 425. The maximum Gasteiger partial charge on any atom is 0.307 e. The fraction of sp³-hybridized carbons (Fsp3) is 0.562. The minimum Gasteiger partial charge on any atom is -0.481 e. The number of hydrogen-bond donors (Lipinski definition) is 2. The molecule has 0 spiro atoms. The molecule has 0 amide bonds. The second-order valence-corrected chi connectivity index (χ2v) is 6.62. The van der Waals surface area contributed by atoms with Gasteiger partial charge in [0.25, 0.3) is 0 Å². The van der Waals surface area contributed by atoms with E-state index in [0.29, 0.717) is 6.04 Å². The lowest BCUT2D eigenvalue weighted by Gasteiger charge is -2.28. The monoisotopic (exact) mass is 293 g/mol. The van der Waals surface area contributed by atoms with Gasteiger partial charge in [-0.1, -0.05) is 24.3 Å². The molecule has 0 radical (unpaired) electrons. The van der Waals surface area contributed by atoms with E-state index in [1.54, 1.807) is 0 Å². The molecule has 1 aromatic carbocycles. The molecule has 0 heterocycles. The topological polar surface area (TPSA) is 49.3 Å². The van der Waals surface area contributed by atoms with Crippen LogP contribution in [0.5, 0.6) is 0 Å². The number of carbonyl (C=O) groups is 1. The lowest BCUT2D eigenvalue weighted by atomic mass is 9.95. The minimum absolute atomic E-state index is 0.104. The molecule has 20 heavy (non-hydrogen) atoms. The van der Waals surface area contributed by atoms with Crippen LogP contribution in [0.3, 0.4) is 0 Å². The Morgan fingerprint density at radius 2 is 1.80 bits per heavy atom.